The van der Waals surface area contributed by atoms with Gasteiger partial charge in [0, 0.05) is 70.9 Å². The van der Waals surface area contributed by atoms with Crippen molar-refractivity contribution in [2.75, 3.05) is 59.7 Å². The van der Waals surface area contributed by atoms with E-state index in [1.54, 1.807) is 19.5 Å². The summed E-state index contributed by atoms with van der Waals surface area (Å²) in [4.78, 5) is 10.5. The van der Waals surface area contributed by atoms with Crippen LogP contribution in [-0.2, 0) is 19.5 Å². The van der Waals surface area contributed by atoms with Crippen molar-refractivity contribution in [2.45, 2.75) is 25.9 Å². The minimum atomic E-state index is -3.25. The van der Waals surface area contributed by atoms with Gasteiger partial charge in [0.1, 0.15) is 6.10 Å². The highest BCUT2D eigenvalue weighted by atomic mass is 32.2. The molecule has 2 heterocycles. The summed E-state index contributed by atoms with van der Waals surface area (Å²) in [7, 11) is 1.54. The summed E-state index contributed by atoms with van der Waals surface area (Å²) in [5, 5.41) is 7.93. The Bertz CT molecular complexity index is 1280. The van der Waals surface area contributed by atoms with Crippen molar-refractivity contribution < 1.29 is 17.9 Å². The normalized spacial score (nSPS) is 18.8. The molecule has 1 aromatic carbocycles. The standard InChI is InChI=1S/C28H41N7O4S/c1-21-9-7-10-23(17-21)24(19-29-3)20-32-33-28(35-12-14-38-15-13-35)27-25(30-4)18-26(39-27)22(2)31-11-8-16-40(36,37)34(5)6/h7,9-10,17,19-20,26,31-32H,2,4,8,11-16,18H2,1,3,5-6H3/b24-20+,29-19?,33-28+. The van der Waals surface area contributed by atoms with Crippen molar-refractivity contribution in [1.82, 2.24) is 19.9 Å². The predicted molar refractivity (Wildman–Crippen MR) is 162 cm³/mol. The quantitative estimate of drug-likeness (QED) is 0.161. The largest absolute Gasteiger partial charge is 0.478 e. The van der Waals surface area contributed by atoms with Crippen molar-refractivity contribution >= 4 is 34.4 Å². The van der Waals surface area contributed by atoms with Crippen LogP contribution in [0, 0.1) is 6.92 Å². The number of nitrogens with one attached hydrogen (secondary N) is 2. The van der Waals surface area contributed by atoms with E-state index < -0.39 is 16.1 Å². The molecule has 1 aromatic rings. The van der Waals surface area contributed by atoms with Gasteiger partial charge in [0.2, 0.25) is 10.0 Å². The lowest BCUT2D eigenvalue weighted by molar-refractivity contribution is 0.0655. The summed E-state index contributed by atoms with van der Waals surface area (Å²) in [5.41, 5.74) is 7.46. The molecule has 2 N–H and O–H groups in total. The Kier molecular flexibility index (Phi) is 11.5. The topological polar surface area (TPSA) is 120 Å². The first-order chi connectivity index (χ1) is 19.2. The van der Waals surface area contributed by atoms with Gasteiger partial charge < -0.3 is 19.7 Å². The van der Waals surface area contributed by atoms with Gasteiger partial charge in [0.15, 0.2) is 11.6 Å². The Labute approximate surface area is 238 Å². The third-order valence-corrected chi connectivity index (χ3v) is 8.41. The Morgan fingerprint density at radius 2 is 2.02 bits per heavy atom. The first-order valence-corrected chi connectivity index (χ1v) is 14.8. The summed E-state index contributed by atoms with van der Waals surface area (Å²) in [5.74, 6) is 1.18. The average Bonchev–Trinajstić information content (AvgIpc) is 3.37. The van der Waals surface area contributed by atoms with E-state index in [0.29, 0.717) is 68.7 Å². The molecule has 1 atom stereocenters. The Hall–Kier alpha value is -3.48. The number of benzene rings is 1. The van der Waals surface area contributed by atoms with E-state index >= 15 is 0 Å². The van der Waals surface area contributed by atoms with Crippen LogP contribution in [0.2, 0.25) is 0 Å². The van der Waals surface area contributed by atoms with Crippen LogP contribution in [0.5, 0.6) is 0 Å². The maximum absolute atomic E-state index is 12.0. The molecule has 11 nitrogen and oxygen atoms in total. The lowest BCUT2D eigenvalue weighted by atomic mass is 10.1. The second kappa shape index (κ2) is 14.8. The number of amidine groups is 1. The average molecular weight is 572 g/mol. The molecule has 218 valence electrons. The van der Waals surface area contributed by atoms with E-state index in [4.69, 9.17) is 14.6 Å². The fraction of sp³-hybridized carbons (Fsp3) is 0.464. The molecule has 1 unspecified atom stereocenters. The van der Waals surface area contributed by atoms with Gasteiger partial charge in [0.25, 0.3) is 0 Å². The van der Waals surface area contributed by atoms with Crippen molar-refractivity contribution in [3.8, 4) is 0 Å². The van der Waals surface area contributed by atoms with Gasteiger partial charge in [-0.1, -0.05) is 36.4 Å². The number of hydrogen-bond acceptors (Lipinski definition) is 9. The van der Waals surface area contributed by atoms with Gasteiger partial charge in [-0.25, -0.2) is 12.7 Å². The highest BCUT2D eigenvalue weighted by Gasteiger charge is 2.33. The molecule has 2 aliphatic heterocycles. The highest BCUT2D eigenvalue weighted by molar-refractivity contribution is 7.89. The molecule has 0 radical (unpaired) electrons. The van der Waals surface area contributed by atoms with Crippen LogP contribution < -0.4 is 10.7 Å². The van der Waals surface area contributed by atoms with E-state index in [9.17, 15) is 8.42 Å². The van der Waals surface area contributed by atoms with E-state index in [0.717, 1.165) is 16.7 Å². The van der Waals surface area contributed by atoms with Crippen molar-refractivity contribution in [2.24, 2.45) is 15.1 Å². The second-order valence-electron chi connectivity index (χ2n) is 9.67. The van der Waals surface area contributed by atoms with E-state index in [1.165, 1.54) is 18.4 Å². The number of aliphatic imine (C=N–C) groups is 2. The summed E-state index contributed by atoms with van der Waals surface area (Å²) < 4.78 is 37.2. The van der Waals surface area contributed by atoms with Crippen LogP contribution >= 0.6 is 0 Å². The minimum absolute atomic E-state index is 0.0507. The lowest BCUT2D eigenvalue weighted by Crippen LogP contribution is -2.42. The summed E-state index contributed by atoms with van der Waals surface area (Å²) >= 11 is 0. The third kappa shape index (κ3) is 8.51. The van der Waals surface area contributed by atoms with Crippen molar-refractivity contribution in [3.05, 3.63) is 65.3 Å². The molecule has 1 saturated heterocycles. The molecule has 12 heteroatoms. The number of ether oxygens (including phenoxy) is 2. The van der Waals surface area contributed by atoms with Crippen molar-refractivity contribution in [3.63, 3.8) is 0 Å². The number of morpholine rings is 1. The number of sulfonamides is 1. The van der Waals surface area contributed by atoms with Crippen LogP contribution in [0.25, 0.3) is 5.57 Å². The van der Waals surface area contributed by atoms with Crippen LogP contribution in [0.1, 0.15) is 24.0 Å². The minimum Gasteiger partial charge on any atom is -0.478 e. The molecule has 0 spiro atoms. The first kappa shape index (κ1) is 31.1. The summed E-state index contributed by atoms with van der Waals surface area (Å²) in [6.45, 7) is 12.8. The van der Waals surface area contributed by atoms with E-state index in [2.05, 4.69) is 45.0 Å². The molecule has 0 aliphatic carbocycles. The molecule has 2 aliphatic rings. The molecule has 0 amide bonds. The molecule has 0 aromatic heterocycles. The predicted octanol–water partition coefficient (Wildman–Crippen LogP) is 2.36. The SMILES string of the molecule is C=NC1=C(/C(=N\N/C=C(\C=NC)c2cccc(C)c2)N2CCOCC2)OC(C(=C)NCCCS(=O)(=O)N(C)C)C1. The van der Waals surface area contributed by atoms with Gasteiger partial charge in [-0.2, -0.15) is 5.10 Å². The maximum Gasteiger partial charge on any atom is 0.213 e. The number of hydrogen-bond donors (Lipinski definition) is 2. The molecular weight excluding hydrogens is 530 g/mol. The third-order valence-electron chi connectivity index (χ3n) is 6.49. The molecule has 0 saturated carbocycles. The zero-order valence-electron chi connectivity index (χ0n) is 23.9. The van der Waals surface area contributed by atoms with Crippen LogP contribution in [0.15, 0.2) is 69.3 Å². The fourth-order valence-electron chi connectivity index (χ4n) is 4.19. The molecule has 0 bridgehead atoms. The van der Waals surface area contributed by atoms with E-state index in [1.807, 2.05) is 25.1 Å². The number of nitrogens with zero attached hydrogens (tertiary/aromatic N) is 5. The fourth-order valence-corrected chi connectivity index (χ4v) is 5.07. The second-order valence-corrected chi connectivity index (χ2v) is 12.0. The Morgan fingerprint density at radius 3 is 2.67 bits per heavy atom. The summed E-state index contributed by atoms with van der Waals surface area (Å²) in [6, 6.07) is 8.16. The monoisotopic (exact) mass is 571 g/mol. The highest BCUT2D eigenvalue weighted by Crippen LogP contribution is 2.31. The van der Waals surface area contributed by atoms with Gasteiger partial charge in [0.05, 0.1) is 24.7 Å². The van der Waals surface area contributed by atoms with Gasteiger partial charge in [-0.05, 0) is 25.6 Å². The smallest absolute Gasteiger partial charge is 0.213 e. The molecule has 1 fully saturated rings. The van der Waals surface area contributed by atoms with Gasteiger partial charge >= 0.3 is 0 Å². The van der Waals surface area contributed by atoms with Crippen LogP contribution in [0.4, 0.5) is 0 Å². The van der Waals surface area contributed by atoms with E-state index in [-0.39, 0.29) is 5.75 Å². The van der Waals surface area contributed by atoms with Gasteiger partial charge in [-0.15, -0.1) is 0 Å². The number of allylic oxidation sites excluding steroid dienone is 1. The summed E-state index contributed by atoms with van der Waals surface area (Å²) in [6.07, 6.45) is 4.11. The first-order valence-electron chi connectivity index (χ1n) is 13.2. The van der Waals surface area contributed by atoms with Crippen molar-refractivity contribution in [1.29, 1.82) is 0 Å². The molecule has 3 rings (SSSR count). The molecule has 40 heavy (non-hydrogen) atoms. The number of aryl methyl sites for hydroxylation is 1. The zero-order chi connectivity index (χ0) is 29.1. The molecular formula is C28H41N7O4S. The van der Waals surface area contributed by atoms with Crippen LogP contribution in [-0.4, -0.2) is 102 Å². The lowest BCUT2D eigenvalue weighted by Gasteiger charge is -2.30. The van der Waals surface area contributed by atoms with Crippen LogP contribution in [0.3, 0.4) is 0 Å². The Morgan fingerprint density at radius 1 is 1.27 bits per heavy atom. The zero-order valence-corrected chi connectivity index (χ0v) is 24.7. The maximum atomic E-state index is 12.0. The number of hydrazone groups is 1. The van der Waals surface area contributed by atoms with Gasteiger partial charge in [-0.3, -0.25) is 15.4 Å². The number of rotatable bonds is 13. The Balaban J connectivity index is 1.76.